The van der Waals surface area contributed by atoms with Crippen LogP contribution in [-0.4, -0.2) is 0 Å². The quantitative estimate of drug-likeness (QED) is 0.672. The van der Waals surface area contributed by atoms with Crippen molar-refractivity contribution < 1.29 is 4.84 Å². The third-order valence-electron chi connectivity index (χ3n) is 2.23. The first-order valence-corrected chi connectivity index (χ1v) is 4.18. The smallest absolute Gasteiger partial charge is 0.154 e. The average Bonchev–Trinajstić information content (AvgIpc) is 2.19. The van der Waals surface area contributed by atoms with Gasteiger partial charge in [0.1, 0.15) is 0 Å². The molecule has 0 fully saturated rings. The van der Waals surface area contributed by atoms with Crippen molar-refractivity contribution in [2.45, 2.75) is 6.92 Å². The molecule has 66 valence electrons. The maximum Gasteiger partial charge on any atom is 0.154 e. The van der Waals surface area contributed by atoms with E-state index in [-0.39, 0.29) is 0 Å². The van der Waals surface area contributed by atoms with Gasteiger partial charge in [-0.15, -0.1) is 0 Å². The van der Waals surface area contributed by atoms with E-state index in [0.29, 0.717) is 0 Å². The fourth-order valence-corrected chi connectivity index (χ4v) is 1.52. The molecule has 0 aliphatic rings. The molecule has 0 spiro atoms. The SMILES string of the molecule is Cc1ccc(ON)c2ccccc12. The van der Waals surface area contributed by atoms with Gasteiger partial charge < -0.3 is 4.84 Å². The van der Waals surface area contributed by atoms with Crippen LogP contribution in [0.1, 0.15) is 5.56 Å². The normalized spacial score (nSPS) is 10.3. The Hall–Kier alpha value is -1.54. The van der Waals surface area contributed by atoms with E-state index in [9.17, 15) is 0 Å². The van der Waals surface area contributed by atoms with Crippen LogP contribution < -0.4 is 10.7 Å². The van der Waals surface area contributed by atoms with Crippen LogP contribution in [-0.2, 0) is 0 Å². The molecule has 2 aromatic rings. The molecule has 0 unspecified atom stereocenters. The highest BCUT2D eigenvalue weighted by molar-refractivity contribution is 5.90. The number of aryl methyl sites for hydroxylation is 1. The lowest BCUT2D eigenvalue weighted by molar-refractivity contribution is 0.338. The summed E-state index contributed by atoms with van der Waals surface area (Å²) in [5.41, 5.74) is 1.23. The second-order valence-corrected chi connectivity index (χ2v) is 3.04. The molecule has 0 radical (unpaired) electrons. The van der Waals surface area contributed by atoms with Gasteiger partial charge in [-0.25, -0.2) is 0 Å². The average molecular weight is 173 g/mol. The van der Waals surface area contributed by atoms with Gasteiger partial charge in [-0.1, -0.05) is 30.3 Å². The van der Waals surface area contributed by atoms with E-state index in [1.807, 2.05) is 30.3 Å². The molecule has 2 heteroatoms. The highest BCUT2D eigenvalue weighted by Gasteiger charge is 2.01. The fourth-order valence-electron chi connectivity index (χ4n) is 1.52. The summed E-state index contributed by atoms with van der Waals surface area (Å²) < 4.78 is 0. The molecule has 0 aliphatic heterocycles. The number of hydrogen-bond acceptors (Lipinski definition) is 2. The molecule has 0 aliphatic carbocycles. The summed E-state index contributed by atoms with van der Waals surface area (Å²) in [6, 6.07) is 11.9. The molecule has 13 heavy (non-hydrogen) atoms. The first-order chi connectivity index (χ1) is 6.33. The Kier molecular flexibility index (Phi) is 1.91. The second-order valence-electron chi connectivity index (χ2n) is 3.04. The van der Waals surface area contributed by atoms with E-state index in [1.165, 1.54) is 10.9 Å². The number of rotatable bonds is 1. The van der Waals surface area contributed by atoms with Crippen molar-refractivity contribution >= 4 is 10.8 Å². The second kappa shape index (κ2) is 3.07. The highest BCUT2D eigenvalue weighted by Crippen LogP contribution is 2.26. The van der Waals surface area contributed by atoms with Crippen LogP contribution in [0.3, 0.4) is 0 Å². The first kappa shape index (κ1) is 8.08. The Labute approximate surface area is 76.9 Å². The molecule has 2 aromatic carbocycles. The number of benzene rings is 2. The topological polar surface area (TPSA) is 35.2 Å². The van der Waals surface area contributed by atoms with Gasteiger partial charge in [-0.2, -0.15) is 5.90 Å². The largest absolute Gasteiger partial charge is 0.411 e. The summed E-state index contributed by atoms with van der Waals surface area (Å²) in [4.78, 5) is 4.78. The van der Waals surface area contributed by atoms with Gasteiger partial charge in [0.25, 0.3) is 0 Å². The lowest BCUT2D eigenvalue weighted by Gasteiger charge is -2.05. The molecule has 0 amide bonds. The van der Waals surface area contributed by atoms with E-state index < -0.39 is 0 Å². The van der Waals surface area contributed by atoms with Gasteiger partial charge in [-0.3, -0.25) is 0 Å². The number of fused-ring (bicyclic) bond motifs is 1. The zero-order valence-corrected chi connectivity index (χ0v) is 7.45. The number of nitrogens with two attached hydrogens (primary N) is 1. The molecule has 0 atom stereocenters. The molecular formula is C11H11NO. The standard InChI is InChI=1S/C11H11NO/c1-8-6-7-11(13-12)10-5-3-2-4-9(8)10/h2-7H,12H2,1H3. The molecule has 0 aromatic heterocycles. The summed E-state index contributed by atoms with van der Waals surface area (Å²) >= 11 is 0. The van der Waals surface area contributed by atoms with E-state index in [1.54, 1.807) is 0 Å². The van der Waals surface area contributed by atoms with Crippen molar-refractivity contribution in [1.82, 2.24) is 0 Å². The van der Waals surface area contributed by atoms with Crippen LogP contribution in [0.5, 0.6) is 5.75 Å². The number of hydrogen-bond donors (Lipinski definition) is 1. The van der Waals surface area contributed by atoms with Crippen molar-refractivity contribution in [2.75, 3.05) is 0 Å². The third kappa shape index (κ3) is 1.25. The zero-order valence-electron chi connectivity index (χ0n) is 7.45. The lowest BCUT2D eigenvalue weighted by Crippen LogP contribution is -2.02. The van der Waals surface area contributed by atoms with Crippen molar-refractivity contribution in [3.8, 4) is 5.75 Å². The molecular weight excluding hydrogens is 162 g/mol. The van der Waals surface area contributed by atoms with E-state index in [0.717, 1.165) is 11.1 Å². The fraction of sp³-hybridized carbons (Fsp3) is 0.0909. The Balaban J connectivity index is 2.84. The Bertz CT molecular complexity index is 437. The van der Waals surface area contributed by atoms with Crippen LogP contribution in [0.25, 0.3) is 10.8 Å². The molecule has 2 rings (SSSR count). The van der Waals surface area contributed by atoms with E-state index >= 15 is 0 Å². The maximum absolute atomic E-state index is 5.17. The van der Waals surface area contributed by atoms with Crippen LogP contribution in [0.4, 0.5) is 0 Å². The van der Waals surface area contributed by atoms with Crippen molar-refractivity contribution in [3.63, 3.8) is 0 Å². The predicted octanol–water partition coefficient (Wildman–Crippen LogP) is 2.40. The van der Waals surface area contributed by atoms with Gasteiger partial charge in [0.15, 0.2) is 5.75 Å². The summed E-state index contributed by atoms with van der Waals surface area (Å²) in [7, 11) is 0. The Morgan fingerprint density at radius 2 is 1.69 bits per heavy atom. The molecule has 0 bridgehead atoms. The minimum absolute atomic E-state index is 0.723. The third-order valence-corrected chi connectivity index (χ3v) is 2.23. The summed E-state index contributed by atoms with van der Waals surface area (Å²) in [5.74, 6) is 5.89. The van der Waals surface area contributed by atoms with Crippen LogP contribution in [0.15, 0.2) is 36.4 Å². The first-order valence-electron chi connectivity index (χ1n) is 4.18. The summed E-state index contributed by atoms with van der Waals surface area (Å²) in [6.07, 6.45) is 0. The van der Waals surface area contributed by atoms with E-state index in [4.69, 9.17) is 10.7 Å². The highest BCUT2D eigenvalue weighted by atomic mass is 16.6. The summed E-state index contributed by atoms with van der Waals surface area (Å²) in [6.45, 7) is 2.07. The molecule has 0 saturated carbocycles. The van der Waals surface area contributed by atoms with Crippen molar-refractivity contribution in [2.24, 2.45) is 5.90 Å². The van der Waals surface area contributed by atoms with Crippen LogP contribution >= 0.6 is 0 Å². The zero-order chi connectivity index (χ0) is 9.26. The van der Waals surface area contributed by atoms with Gasteiger partial charge in [-0.05, 0) is 23.9 Å². The van der Waals surface area contributed by atoms with Gasteiger partial charge in [0.2, 0.25) is 0 Å². The van der Waals surface area contributed by atoms with Crippen molar-refractivity contribution in [3.05, 3.63) is 42.0 Å². The predicted molar refractivity (Wildman–Crippen MR) is 53.5 cm³/mol. The van der Waals surface area contributed by atoms with Crippen molar-refractivity contribution in [1.29, 1.82) is 0 Å². The van der Waals surface area contributed by atoms with Gasteiger partial charge >= 0.3 is 0 Å². The Morgan fingerprint density at radius 3 is 2.38 bits per heavy atom. The lowest BCUT2D eigenvalue weighted by atomic mass is 10.1. The molecule has 0 heterocycles. The molecule has 2 N–H and O–H groups in total. The van der Waals surface area contributed by atoms with Crippen LogP contribution in [0, 0.1) is 6.92 Å². The monoisotopic (exact) mass is 173 g/mol. The minimum Gasteiger partial charge on any atom is -0.411 e. The summed E-state index contributed by atoms with van der Waals surface area (Å²) in [5, 5.41) is 2.25. The Morgan fingerprint density at radius 1 is 1.00 bits per heavy atom. The van der Waals surface area contributed by atoms with Gasteiger partial charge in [0, 0.05) is 5.39 Å². The van der Waals surface area contributed by atoms with Gasteiger partial charge in [0.05, 0.1) is 0 Å². The van der Waals surface area contributed by atoms with E-state index in [2.05, 4.69) is 13.0 Å². The van der Waals surface area contributed by atoms with Crippen LogP contribution in [0.2, 0.25) is 0 Å². The molecule has 0 saturated heterocycles. The maximum atomic E-state index is 5.17. The molecule has 2 nitrogen and oxygen atoms in total. The minimum atomic E-state index is 0.723.